The molecule has 0 aliphatic heterocycles. The van der Waals surface area contributed by atoms with Crippen molar-refractivity contribution in [2.45, 2.75) is 0 Å². The molecular weight excluding hydrogens is 808 g/mol. The second-order valence-corrected chi connectivity index (χ2v) is 12.3. The van der Waals surface area contributed by atoms with Gasteiger partial charge in [0.15, 0.2) is 0 Å². The van der Waals surface area contributed by atoms with E-state index >= 15 is 0 Å². The van der Waals surface area contributed by atoms with Gasteiger partial charge in [0.1, 0.15) is 5.82 Å². The van der Waals surface area contributed by atoms with Crippen LogP contribution in [-0.4, -0.2) is 23.9 Å². The van der Waals surface area contributed by atoms with E-state index in [1.165, 1.54) is 10.8 Å². The third kappa shape index (κ3) is 5.07. The average Bonchev–Trinajstić information content (AvgIpc) is 3.89. The van der Waals surface area contributed by atoms with Gasteiger partial charge in [-0.25, -0.2) is 4.98 Å². The minimum absolute atomic E-state index is 0. The standard InChI is InChI=1S/C44H28N6.Pt/c1-2-13-31(14-3-1)48(34-24-25-39-38-19-6-9-22-42(38)50(43(39)28-34)44-23-10-11-26-45-44)33-16-12-15-32(27-33)47-30-35(29-46-47)49-40-20-7-4-17-36(40)37-18-5-8-21-41(37)49;/h1-26,29-30H;/q-2;+2. The Balaban J connectivity index is 0.00000348. The van der Waals surface area contributed by atoms with E-state index in [-0.39, 0.29) is 21.1 Å². The van der Waals surface area contributed by atoms with E-state index in [1.807, 2.05) is 47.4 Å². The zero-order valence-corrected chi connectivity index (χ0v) is 29.4. The Morgan fingerprint density at radius 2 is 1.14 bits per heavy atom. The summed E-state index contributed by atoms with van der Waals surface area (Å²) >= 11 is 0. The van der Waals surface area contributed by atoms with Gasteiger partial charge in [0.25, 0.3) is 0 Å². The normalized spacial score (nSPS) is 11.4. The summed E-state index contributed by atoms with van der Waals surface area (Å²) in [7, 11) is 0. The number of rotatable bonds is 6. The maximum absolute atomic E-state index is 4.84. The first-order valence-electron chi connectivity index (χ1n) is 16.6. The van der Waals surface area contributed by atoms with Crippen molar-refractivity contribution < 1.29 is 21.1 Å². The number of pyridine rings is 1. The number of hydrogen-bond donors (Lipinski definition) is 0. The molecule has 0 spiro atoms. The van der Waals surface area contributed by atoms with Gasteiger partial charge in [0.2, 0.25) is 0 Å². The van der Waals surface area contributed by atoms with E-state index in [0.29, 0.717) is 0 Å². The van der Waals surface area contributed by atoms with Gasteiger partial charge in [-0.3, -0.25) is 4.68 Å². The van der Waals surface area contributed by atoms with Crippen LogP contribution in [0.15, 0.2) is 170 Å². The van der Waals surface area contributed by atoms with Gasteiger partial charge < -0.3 is 14.0 Å². The summed E-state index contributed by atoms with van der Waals surface area (Å²) in [6.45, 7) is 0. The molecule has 0 bridgehead atoms. The van der Waals surface area contributed by atoms with Gasteiger partial charge in [-0.05, 0) is 53.5 Å². The van der Waals surface area contributed by atoms with Crippen molar-refractivity contribution in [3.8, 4) is 17.2 Å². The first-order valence-corrected chi connectivity index (χ1v) is 16.6. The minimum Gasteiger partial charge on any atom is -0.358 e. The zero-order valence-electron chi connectivity index (χ0n) is 27.2. The molecule has 10 aromatic rings. The Hall–Kier alpha value is -6.23. The summed E-state index contributed by atoms with van der Waals surface area (Å²) in [5, 5.41) is 9.56. The second-order valence-electron chi connectivity index (χ2n) is 12.3. The maximum Gasteiger partial charge on any atom is 2.00 e. The minimum atomic E-state index is 0. The molecule has 0 atom stereocenters. The van der Waals surface area contributed by atoms with Crippen LogP contribution in [0.2, 0.25) is 0 Å². The number of anilines is 3. The van der Waals surface area contributed by atoms with E-state index in [4.69, 9.17) is 10.1 Å². The molecule has 0 aliphatic carbocycles. The van der Waals surface area contributed by atoms with Gasteiger partial charge in [-0.2, -0.15) is 17.2 Å². The van der Waals surface area contributed by atoms with Crippen LogP contribution in [0.4, 0.5) is 17.1 Å². The van der Waals surface area contributed by atoms with Crippen LogP contribution in [0.5, 0.6) is 0 Å². The van der Waals surface area contributed by atoms with Crippen molar-refractivity contribution >= 4 is 60.7 Å². The molecule has 0 N–H and O–H groups in total. The number of para-hydroxylation sites is 4. The fraction of sp³-hybridized carbons (Fsp3) is 0. The SMILES string of the molecule is [Pt+2].[c-]1c(N(c2[c-]c3c(cc2)c2ccccc2n3-c2ccccn2)c2ccccc2)cccc1-n1cc(-n2c3ccccc3c3ccccc32)cn1. The first-order chi connectivity index (χ1) is 24.8. The van der Waals surface area contributed by atoms with E-state index in [1.54, 1.807) is 0 Å². The van der Waals surface area contributed by atoms with Crippen molar-refractivity contribution in [1.29, 1.82) is 0 Å². The molecule has 0 aliphatic rings. The predicted molar refractivity (Wildman–Crippen MR) is 202 cm³/mol. The fourth-order valence-corrected chi connectivity index (χ4v) is 7.19. The van der Waals surface area contributed by atoms with E-state index < -0.39 is 0 Å². The predicted octanol–water partition coefficient (Wildman–Crippen LogP) is 10.5. The Morgan fingerprint density at radius 3 is 1.84 bits per heavy atom. The summed E-state index contributed by atoms with van der Waals surface area (Å²) < 4.78 is 6.37. The molecule has 0 fully saturated rings. The molecule has 0 unspecified atom stereocenters. The van der Waals surface area contributed by atoms with Crippen LogP contribution < -0.4 is 4.90 Å². The Kier molecular flexibility index (Phi) is 7.60. The monoisotopic (exact) mass is 835 g/mol. The third-order valence-corrected chi connectivity index (χ3v) is 9.36. The van der Waals surface area contributed by atoms with E-state index in [2.05, 4.69) is 154 Å². The van der Waals surface area contributed by atoms with Gasteiger partial charge >= 0.3 is 21.1 Å². The largest absolute Gasteiger partial charge is 2.00 e. The van der Waals surface area contributed by atoms with E-state index in [0.717, 1.165) is 67.1 Å². The summed E-state index contributed by atoms with van der Waals surface area (Å²) in [6, 6.07) is 59.9. The molecule has 6 aromatic carbocycles. The van der Waals surface area contributed by atoms with Crippen molar-refractivity contribution in [1.82, 2.24) is 23.9 Å². The summed E-state index contributed by atoms with van der Waals surface area (Å²) in [4.78, 5) is 6.92. The summed E-state index contributed by atoms with van der Waals surface area (Å²) in [6.07, 6.45) is 5.83. The van der Waals surface area contributed by atoms with Crippen molar-refractivity contribution in [2.75, 3.05) is 4.90 Å². The summed E-state index contributed by atoms with van der Waals surface area (Å²) in [5.74, 6) is 0.852. The molecule has 4 heterocycles. The maximum atomic E-state index is 4.84. The van der Waals surface area contributed by atoms with Gasteiger partial charge in [-0.1, -0.05) is 95.8 Å². The zero-order chi connectivity index (χ0) is 33.0. The molecule has 51 heavy (non-hydrogen) atoms. The second kappa shape index (κ2) is 12.6. The quantitative estimate of drug-likeness (QED) is 0.157. The summed E-state index contributed by atoms with van der Waals surface area (Å²) in [5.41, 5.74) is 8.94. The van der Waals surface area contributed by atoms with Crippen molar-refractivity contribution in [2.24, 2.45) is 0 Å². The first kappa shape index (κ1) is 30.8. The molecule has 4 aromatic heterocycles. The molecule has 10 rings (SSSR count). The van der Waals surface area contributed by atoms with Crippen molar-refractivity contribution in [3.05, 3.63) is 182 Å². The number of nitrogens with zero attached hydrogens (tertiary/aromatic N) is 6. The van der Waals surface area contributed by atoms with Crippen LogP contribution in [-0.2, 0) is 21.1 Å². The number of hydrogen-bond acceptors (Lipinski definition) is 3. The van der Waals surface area contributed by atoms with Crippen LogP contribution in [0.25, 0.3) is 60.8 Å². The van der Waals surface area contributed by atoms with Crippen LogP contribution >= 0.6 is 0 Å². The van der Waals surface area contributed by atoms with Gasteiger partial charge in [-0.15, -0.1) is 35.7 Å². The molecule has 7 heteroatoms. The average molecular weight is 836 g/mol. The van der Waals surface area contributed by atoms with E-state index in [9.17, 15) is 0 Å². The van der Waals surface area contributed by atoms with Crippen LogP contribution in [0, 0.1) is 12.1 Å². The smallest absolute Gasteiger partial charge is 0.358 e. The molecule has 0 saturated heterocycles. The number of aromatic nitrogens is 5. The number of benzene rings is 6. The van der Waals surface area contributed by atoms with Gasteiger partial charge in [0.05, 0.1) is 29.1 Å². The van der Waals surface area contributed by atoms with Crippen molar-refractivity contribution in [3.63, 3.8) is 0 Å². The van der Waals surface area contributed by atoms with Crippen LogP contribution in [0.3, 0.4) is 0 Å². The molecule has 0 amide bonds. The molecule has 0 radical (unpaired) electrons. The fourth-order valence-electron chi connectivity index (χ4n) is 7.19. The number of fused-ring (bicyclic) bond motifs is 6. The third-order valence-electron chi connectivity index (χ3n) is 9.36. The molecule has 6 nitrogen and oxygen atoms in total. The Labute approximate surface area is 308 Å². The van der Waals surface area contributed by atoms with Gasteiger partial charge in [0, 0.05) is 28.2 Å². The molecule has 0 saturated carbocycles. The Morgan fingerprint density at radius 1 is 0.510 bits per heavy atom. The molecular formula is C44H28N6Pt. The Bertz CT molecular complexity index is 2780. The molecule has 244 valence electrons. The van der Waals surface area contributed by atoms with Crippen LogP contribution in [0.1, 0.15) is 0 Å². The topological polar surface area (TPSA) is 43.8 Å².